The third-order valence-corrected chi connectivity index (χ3v) is 4.88. The molecule has 0 saturated heterocycles. The normalized spacial score (nSPS) is 19.4. The van der Waals surface area contributed by atoms with E-state index in [1.54, 1.807) is 19.2 Å². The molecule has 1 aromatic carbocycles. The molecule has 1 aliphatic rings. The number of aryl methyl sites for hydroxylation is 1. The first-order valence-corrected chi connectivity index (χ1v) is 10.5. The number of ether oxygens (including phenoxy) is 1. The van der Waals surface area contributed by atoms with Crippen LogP contribution in [-0.2, 0) is 11.2 Å². The van der Waals surface area contributed by atoms with Gasteiger partial charge in [-0.25, -0.2) is 4.79 Å². The predicted molar refractivity (Wildman–Crippen MR) is 132 cm³/mol. The number of nitrogens with one attached hydrogen (secondary N) is 3. The molecule has 1 fully saturated rings. The van der Waals surface area contributed by atoms with Crippen LogP contribution in [0.4, 0.5) is 4.79 Å². The van der Waals surface area contributed by atoms with Gasteiger partial charge in [0, 0.05) is 25.7 Å². The Labute approximate surface area is 197 Å². The van der Waals surface area contributed by atoms with Gasteiger partial charge in [-0.05, 0) is 77.0 Å². The highest BCUT2D eigenvalue weighted by Gasteiger charge is 2.25. The van der Waals surface area contributed by atoms with Crippen molar-refractivity contribution in [1.82, 2.24) is 16.0 Å². The standard InChI is InChI=1S/C22H36N4O3.HI/c1-22(2,3)29-21(28)26-18-11-9-17(10-12-18)25-20(23-4)24-15-5-6-16-7-13-19(27)14-8-16;/h7-8,13-14,17-18,27H,5-6,9-12,15H2,1-4H3,(H,26,28)(H2,23,24,25);1H. The predicted octanol–water partition coefficient (Wildman–Crippen LogP) is 3.94. The van der Waals surface area contributed by atoms with E-state index >= 15 is 0 Å². The third-order valence-electron chi connectivity index (χ3n) is 4.88. The van der Waals surface area contributed by atoms with E-state index in [2.05, 4.69) is 20.9 Å². The fourth-order valence-corrected chi connectivity index (χ4v) is 3.41. The van der Waals surface area contributed by atoms with Gasteiger partial charge in [0.25, 0.3) is 0 Å². The molecule has 0 atom stereocenters. The number of amides is 1. The summed E-state index contributed by atoms with van der Waals surface area (Å²) in [4.78, 5) is 16.2. The van der Waals surface area contributed by atoms with Gasteiger partial charge in [0.05, 0.1) is 0 Å². The number of phenols is 1. The number of guanidine groups is 1. The van der Waals surface area contributed by atoms with Gasteiger partial charge in [0.15, 0.2) is 5.96 Å². The largest absolute Gasteiger partial charge is 0.508 e. The summed E-state index contributed by atoms with van der Waals surface area (Å²) < 4.78 is 5.33. The fourth-order valence-electron chi connectivity index (χ4n) is 3.41. The molecular weight excluding hydrogens is 495 g/mol. The number of carbonyl (C=O) groups is 1. The van der Waals surface area contributed by atoms with Crippen molar-refractivity contribution in [1.29, 1.82) is 0 Å². The van der Waals surface area contributed by atoms with E-state index in [0.717, 1.165) is 51.0 Å². The highest BCUT2D eigenvalue weighted by Crippen LogP contribution is 2.19. The zero-order valence-electron chi connectivity index (χ0n) is 18.5. The minimum absolute atomic E-state index is 0. The number of hydrogen-bond acceptors (Lipinski definition) is 4. The lowest BCUT2D eigenvalue weighted by Gasteiger charge is -2.31. The Hall–Kier alpha value is -1.71. The molecular formula is C22H37IN4O3. The topological polar surface area (TPSA) is 95.0 Å². The number of hydrogen-bond donors (Lipinski definition) is 4. The van der Waals surface area contributed by atoms with E-state index in [1.807, 2.05) is 32.9 Å². The second-order valence-electron chi connectivity index (χ2n) is 8.61. The molecule has 0 aromatic heterocycles. The maximum Gasteiger partial charge on any atom is 0.407 e. The number of aromatic hydroxyl groups is 1. The van der Waals surface area contributed by atoms with E-state index in [-0.39, 0.29) is 36.1 Å². The SMILES string of the molecule is CN=C(NCCCc1ccc(O)cc1)NC1CCC(NC(=O)OC(C)(C)C)CC1.I. The van der Waals surface area contributed by atoms with Gasteiger partial charge in [0.2, 0.25) is 0 Å². The number of rotatable bonds is 6. The number of aliphatic imine (C=N–C) groups is 1. The van der Waals surface area contributed by atoms with Gasteiger partial charge in [-0.1, -0.05) is 12.1 Å². The summed E-state index contributed by atoms with van der Waals surface area (Å²) in [6, 6.07) is 7.87. The summed E-state index contributed by atoms with van der Waals surface area (Å²) in [6.07, 6.45) is 5.41. The van der Waals surface area contributed by atoms with Crippen LogP contribution in [-0.4, -0.2) is 48.4 Å². The zero-order valence-corrected chi connectivity index (χ0v) is 20.9. The van der Waals surface area contributed by atoms with Gasteiger partial charge in [-0.15, -0.1) is 24.0 Å². The molecule has 0 radical (unpaired) electrons. The lowest BCUT2D eigenvalue weighted by Crippen LogP contribution is -2.48. The van der Waals surface area contributed by atoms with Crippen molar-refractivity contribution in [2.75, 3.05) is 13.6 Å². The van der Waals surface area contributed by atoms with Crippen LogP contribution in [0.2, 0.25) is 0 Å². The second kappa shape index (κ2) is 12.9. The lowest BCUT2D eigenvalue weighted by molar-refractivity contribution is 0.0490. The fraction of sp³-hybridized carbons (Fsp3) is 0.636. The first-order chi connectivity index (χ1) is 13.7. The van der Waals surface area contributed by atoms with E-state index in [9.17, 15) is 9.90 Å². The summed E-state index contributed by atoms with van der Waals surface area (Å²) in [6.45, 7) is 6.44. The van der Waals surface area contributed by atoms with E-state index in [4.69, 9.17) is 4.74 Å². The highest BCUT2D eigenvalue weighted by atomic mass is 127. The Kier molecular flexibility index (Phi) is 11.3. The monoisotopic (exact) mass is 532 g/mol. The molecule has 0 aliphatic heterocycles. The van der Waals surface area contributed by atoms with Crippen molar-refractivity contribution in [3.63, 3.8) is 0 Å². The smallest absolute Gasteiger partial charge is 0.407 e. The average Bonchev–Trinajstić information content (AvgIpc) is 2.65. The first kappa shape index (κ1) is 26.3. The molecule has 0 spiro atoms. The number of nitrogens with zero attached hydrogens (tertiary/aromatic N) is 1. The van der Waals surface area contributed by atoms with Gasteiger partial charge < -0.3 is 25.8 Å². The van der Waals surface area contributed by atoms with Crippen molar-refractivity contribution in [3.05, 3.63) is 29.8 Å². The first-order valence-electron chi connectivity index (χ1n) is 10.5. The molecule has 0 heterocycles. The number of benzene rings is 1. The minimum Gasteiger partial charge on any atom is -0.508 e. The molecule has 1 saturated carbocycles. The van der Waals surface area contributed by atoms with Crippen LogP contribution in [0.5, 0.6) is 5.75 Å². The van der Waals surface area contributed by atoms with E-state index in [1.165, 1.54) is 5.56 Å². The van der Waals surface area contributed by atoms with Crippen LogP contribution in [0.25, 0.3) is 0 Å². The minimum atomic E-state index is -0.469. The molecule has 8 heteroatoms. The molecule has 4 N–H and O–H groups in total. The Morgan fingerprint density at radius 1 is 1.10 bits per heavy atom. The molecule has 1 aliphatic carbocycles. The third kappa shape index (κ3) is 10.4. The van der Waals surface area contributed by atoms with Gasteiger partial charge >= 0.3 is 6.09 Å². The van der Waals surface area contributed by atoms with E-state index < -0.39 is 5.60 Å². The number of phenolic OH excluding ortho intramolecular Hbond substituents is 1. The van der Waals surface area contributed by atoms with Crippen molar-refractivity contribution < 1.29 is 14.6 Å². The Bertz CT molecular complexity index is 666. The Balaban J connectivity index is 0.00000450. The van der Waals surface area contributed by atoms with Crippen molar-refractivity contribution in [2.45, 2.75) is 77.0 Å². The molecule has 0 bridgehead atoms. The molecule has 1 amide bonds. The van der Waals surface area contributed by atoms with Gasteiger partial charge in [-0.2, -0.15) is 0 Å². The van der Waals surface area contributed by atoms with Crippen LogP contribution in [0.3, 0.4) is 0 Å². The zero-order chi connectivity index (χ0) is 21.3. The number of alkyl carbamates (subject to hydrolysis) is 1. The summed E-state index contributed by atoms with van der Waals surface area (Å²) in [5.74, 6) is 1.12. The molecule has 2 rings (SSSR count). The van der Waals surface area contributed by atoms with Crippen LogP contribution in [0, 0.1) is 0 Å². The Morgan fingerprint density at radius 3 is 2.20 bits per heavy atom. The highest BCUT2D eigenvalue weighted by molar-refractivity contribution is 14.0. The van der Waals surface area contributed by atoms with Crippen LogP contribution in [0.1, 0.15) is 58.4 Å². The van der Waals surface area contributed by atoms with Crippen molar-refractivity contribution in [2.24, 2.45) is 4.99 Å². The second-order valence-corrected chi connectivity index (χ2v) is 8.61. The van der Waals surface area contributed by atoms with E-state index in [0.29, 0.717) is 11.8 Å². The number of halogens is 1. The quantitative estimate of drug-likeness (QED) is 0.193. The summed E-state index contributed by atoms with van der Waals surface area (Å²) >= 11 is 0. The Morgan fingerprint density at radius 2 is 1.67 bits per heavy atom. The summed E-state index contributed by atoms with van der Waals surface area (Å²) in [5, 5.41) is 19.2. The van der Waals surface area contributed by atoms with Gasteiger partial charge in [0.1, 0.15) is 11.4 Å². The van der Waals surface area contributed by atoms with Gasteiger partial charge in [-0.3, -0.25) is 4.99 Å². The average molecular weight is 532 g/mol. The van der Waals surface area contributed by atoms with Crippen molar-refractivity contribution >= 4 is 36.0 Å². The van der Waals surface area contributed by atoms with Crippen LogP contribution < -0.4 is 16.0 Å². The summed E-state index contributed by atoms with van der Waals surface area (Å²) in [5.41, 5.74) is 0.742. The molecule has 30 heavy (non-hydrogen) atoms. The lowest BCUT2D eigenvalue weighted by atomic mass is 9.91. The summed E-state index contributed by atoms with van der Waals surface area (Å²) in [7, 11) is 1.78. The molecule has 170 valence electrons. The molecule has 7 nitrogen and oxygen atoms in total. The van der Waals surface area contributed by atoms with Crippen LogP contribution >= 0.6 is 24.0 Å². The number of carbonyl (C=O) groups excluding carboxylic acids is 1. The van der Waals surface area contributed by atoms with Crippen LogP contribution in [0.15, 0.2) is 29.3 Å². The van der Waals surface area contributed by atoms with Crippen molar-refractivity contribution in [3.8, 4) is 5.75 Å². The maximum atomic E-state index is 11.9. The molecule has 1 aromatic rings. The maximum absolute atomic E-state index is 11.9. The molecule has 0 unspecified atom stereocenters.